The third-order valence-electron chi connectivity index (χ3n) is 3.57. The van der Waals surface area contributed by atoms with Crippen LogP contribution in [0.1, 0.15) is 17.2 Å². The summed E-state index contributed by atoms with van der Waals surface area (Å²) in [5, 5.41) is 4.39. The van der Waals surface area contributed by atoms with Gasteiger partial charge in [0.15, 0.2) is 0 Å². The number of methoxy groups -OCH3 is 1. The smallest absolute Gasteiger partial charge is 0.331 e. The minimum Gasteiger partial charge on any atom is -0.497 e. The van der Waals surface area contributed by atoms with E-state index in [4.69, 9.17) is 9.47 Å². The summed E-state index contributed by atoms with van der Waals surface area (Å²) in [4.78, 5) is 35.9. The lowest BCUT2D eigenvalue weighted by Gasteiger charge is -2.16. The number of amides is 3. The van der Waals surface area contributed by atoms with Crippen molar-refractivity contribution in [1.82, 2.24) is 10.6 Å². The van der Waals surface area contributed by atoms with E-state index in [0.29, 0.717) is 11.3 Å². The molecule has 0 heterocycles. The zero-order valence-corrected chi connectivity index (χ0v) is 15.0. The first-order valence-corrected chi connectivity index (χ1v) is 8.13. The summed E-state index contributed by atoms with van der Waals surface area (Å²) in [5.41, 5.74) is 1.21. The number of imide groups is 1. The number of ether oxygens (including phenoxy) is 2. The summed E-state index contributed by atoms with van der Waals surface area (Å²) >= 11 is 0. The van der Waals surface area contributed by atoms with Crippen molar-refractivity contribution in [1.29, 1.82) is 0 Å². The number of urea groups is 1. The number of benzene rings is 2. The fourth-order valence-corrected chi connectivity index (χ4v) is 2.18. The molecule has 140 valence electrons. The van der Waals surface area contributed by atoms with Gasteiger partial charge in [0.2, 0.25) is 6.10 Å². The maximum atomic E-state index is 12.3. The molecule has 0 bridgehead atoms. The average Bonchev–Trinajstić information content (AvgIpc) is 2.71. The van der Waals surface area contributed by atoms with Crippen LogP contribution in [0.3, 0.4) is 0 Å². The van der Waals surface area contributed by atoms with Gasteiger partial charge in [-0.2, -0.15) is 0 Å². The Bertz CT molecular complexity index is 816. The molecule has 0 radical (unpaired) electrons. The molecule has 0 aliphatic rings. The second kappa shape index (κ2) is 9.76. The number of carbonyl (C=O) groups excluding carboxylic acids is 3. The number of hydrogen-bond donors (Lipinski definition) is 2. The molecule has 1 unspecified atom stereocenters. The normalized spacial score (nSPS) is 11.5. The first kappa shape index (κ1) is 19.7. The predicted octanol–water partition coefficient (Wildman–Crippen LogP) is 2.45. The number of nitrogens with one attached hydrogen (secondary N) is 2. The molecule has 0 aliphatic heterocycles. The third kappa shape index (κ3) is 6.00. The van der Waals surface area contributed by atoms with Crippen molar-refractivity contribution in [3.63, 3.8) is 0 Å². The maximum absolute atomic E-state index is 12.3. The summed E-state index contributed by atoms with van der Waals surface area (Å²) in [7, 11) is 2.94. The average molecular weight is 368 g/mol. The Kier molecular flexibility index (Phi) is 7.13. The van der Waals surface area contributed by atoms with Gasteiger partial charge >= 0.3 is 12.0 Å². The van der Waals surface area contributed by atoms with Gasteiger partial charge in [0, 0.05) is 18.7 Å². The van der Waals surface area contributed by atoms with Gasteiger partial charge < -0.3 is 14.8 Å². The summed E-state index contributed by atoms with van der Waals surface area (Å²) in [6.07, 6.45) is 1.52. The molecular formula is C20H20N2O5. The zero-order chi connectivity index (χ0) is 19.6. The van der Waals surface area contributed by atoms with Gasteiger partial charge in [-0.1, -0.05) is 42.5 Å². The molecule has 2 rings (SSSR count). The molecule has 27 heavy (non-hydrogen) atoms. The van der Waals surface area contributed by atoms with Crippen LogP contribution in [0.15, 0.2) is 60.7 Å². The van der Waals surface area contributed by atoms with Gasteiger partial charge in [0.1, 0.15) is 5.75 Å². The zero-order valence-electron chi connectivity index (χ0n) is 15.0. The van der Waals surface area contributed by atoms with E-state index in [0.717, 1.165) is 5.56 Å². The van der Waals surface area contributed by atoms with Crippen LogP contribution in [0.2, 0.25) is 0 Å². The van der Waals surface area contributed by atoms with Crippen LogP contribution >= 0.6 is 0 Å². The highest BCUT2D eigenvalue weighted by molar-refractivity contribution is 5.98. The van der Waals surface area contributed by atoms with Gasteiger partial charge in [-0.25, -0.2) is 9.59 Å². The standard InChI is InChI=1S/C20H20N2O5/c1-21-20(25)22-19(24)18(15-6-4-3-5-7-15)27-17(23)13-10-14-8-11-16(26-2)12-9-14/h3-13,18H,1-2H3,(H2,21,22,24,25)/b13-10+. The number of carbonyl (C=O) groups is 3. The first-order chi connectivity index (χ1) is 13.0. The largest absolute Gasteiger partial charge is 0.497 e. The van der Waals surface area contributed by atoms with E-state index in [1.807, 2.05) is 0 Å². The second-order valence-corrected chi connectivity index (χ2v) is 5.40. The van der Waals surface area contributed by atoms with Crippen molar-refractivity contribution >= 4 is 24.0 Å². The fraction of sp³-hybridized carbons (Fsp3) is 0.150. The molecular weight excluding hydrogens is 348 g/mol. The highest BCUT2D eigenvalue weighted by Crippen LogP contribution is 2.18. The molecule has 7 heteroatoms. The van der Waals surface area contributed by atoms with Crippen molar-refractivity contribution in [3.05, 3.63) is 71.8 Å². The SMILES string of the molecule is CNC(=O)NC(=O)C(OC(=O)/C=C/c1ccc(OC)cc1)c1ccccc1. The summed E-state index contributed by atoms with van der Waals surface area (Å²) in [6.45, 7) is 0. The van der Waals surface area contributed by atoms with E-state index >= 15 is 0 Å². The van der Waals surface area contributed by atoms with E-state index in [1.165, 1.54) is 13.1 Å². The van der Waals surface area contributed by atoms with Gasteiger partial charge in [-0.3, -0.25) is 10.1 Å². The molecule has 2 aromatic carbocycles. The molecule has 2 N–H and O–H groups in total. The fourth-order valence-electron chi connectivity index (χ4n) is 2.18. The van der Waals surface area contributed by atoms with Crippen molar-refractivity contribution in [2.45, 2.75) is 6.10 Å². The van der Waals surface area contributed by atoms with Gasteiger partial charge in [0.25, 0.3) is 5.91 Å². The van der Waals surface area contributed by atoms with Gasteiger partial charge in [0.05, 0.1) is 7.11 Å². The minimum atomic E-state index is -1.25. The summed E-state index contributed by atoms with van der Waals surface area (Å²) in [5.74, 6) is -0.761. The Labute approximate surface area is 157 Å². The van der Waals surface area contributed by atoms with E-state index < -0.39 is 24.0 Å². The predicted molar refractivity (Wildman–Crippen MR) is 99.9 cm³/mol. The third-order valence-corrected chi connectivity index (χ3v) is 3.57. The Morgan fingerprint density at radius 3 is 2.26 bits per heavy atom. The Hall–Kier alpha value is -3.61. The first-order valence-electron chi connectivity index (χ1n) is 8.13. The monoisotopic (exact) mass is 368 g/mol. The Morgan fingerprint density at radius 2 is 1.67 bits per heavy atom. The second-order valence-electron chi connectivity index (χ2n) is 5.40. The molecule has 1 atom stereocenters. The van der Waals surface area contributed by atoms with Gasteiger partial charge in [-0.05, 0) is 23.8 Å². The van der Waals surface area contributed by atoms with E-state index in [9.17, 15) is 14.4 Å². The van der Waals surface area contributed by atoms with E-state index in [-0.39, 0.29) is 0 Å². The topological polar surface area (TPSA) is 93.7 Å². The van der Waals surface area contributed by atoms with Crippen LogP contribution < -0.4 is 15.4 Å². The molecule has 0 aliphatic carbocycles. The molecule has 2 aromatic rings. The maximum Gasteiger partial charge on any atom is 0.331 e. The lowest BCUT2D eigenvalue weighted by molar-refractivity contribution is -0.151. The van der Waals surface area contributed by atoms with Crippen LogP contribution in [0.25, 0.3) is 6.08 Å². The van der Waals surface area contributed by atoms with Crippen molar-refractivity contribution in [2.75, 3.05) is 14.2 Å². The highest BCUT2D eigenvalue weighted by Gasteiger charge is 2.25. The van der Waals surface area contributed by atoms with Crippen molar-refractivity contribution in [3.8, 4) is 5.75 Å². The number of rotatable bonds is 6. The van der Waals surface area contributed by atoms with Crippen molar-refractivity contribution in [2.24, 2.45) is 0 Å². The molecule has 7 nitrogen and oxygen atoms in total. The summed E-state index contributed by atoms with van der Waals surface area (Å²) in [6, 6.07) is 14.8. The van der Waals surface area contributed by atoms with Crippen LogP contribution in [-0.2, 0) is 14.3 Å². The van der Waals surface area contributed by atoms with Crippen LogP contribution in [-0.4, -0.2) is 32.1 Å². The molecule has 0 saturated heterocycles. The Balaban J connectivity index is 2.11. The molecule has 3 amide bonds. The van der Waals surface area contributed by atoms with Crippen LogP contribution in [0, 0.1) is 0 Å². The molecule has 0 spiro atoms. The van der Waals surface area contributed by atoms with E-state index in [2.05, 4.69) is 10.6 Å². The lowest BCUT2D eigenvalue weighted by atomic mass is 10.1. The molecule has 0 fully saturated rings. The molecule has 0 saturated carbocycles. The quantitative estimate of drug-likeness (QED) is 0.603. The Morgan fingerprint density at radius 1 is 1.00 bits per heavy atom. The summed E-state index contributed by atoms with van der Waals surface area (Å²) < 4.78 is 10.3. The van der Waals surface area contributed by atoms with E-state index in [1.54, 1.807) is 67.8 Å². The van der Waals surface area contributed by atoms with Crippen LogP contribution in [0.4, 0.5) is 4.79 Å². The minimum absolute atomic E-state index is 0.449. The van der Waals surface area contributed by atoms with Gasteiger partial charge in [-0.15, -0.1) is 0 Å². The number of hydrogen-bond acceptors (Lipinski definition) is 5. The highest BCUT2D eigenvalue weighted by atomic mass is 16.5. The van der Waals surface area contributed by atoms with Crippen LogP contribution in [0.5, 0.6) is 5.75 Å². The van der Waals surface area contributed by atoms with Crippen molar-refractivity contribution < 1.29 is 23.9 Å². The lowest BCUT2D eigenvalue weighted by Crippen LogP contribution is -2.41. The molecule has 0 aromatic heterocycles. The number of esters is 1.